The summed E-state index contributed by atoms with van der Waals surface area (Å²) in [4.78, 5) is 12.0. The number of rotatable bonds is 5. The first kappa shape index (κ1) is 12.6. The van der Waals surface area contributed by atoms with Crippen molar-refractivity contribution in [2.24, 2.45) is 5.73 Å². The maximum atomic E-state index is 12.0. The van der Waals surface area contributed by atoms with E-state index in [0.717, 1.165) is 17.9 Å². The third-order valence-corrected chi connectivity index (χ3v) is 2.76. The van der Waals surface area contributed by atoms with E-state index in [1.807, 2.05) is 24.6 Å². The van der Waals surface area contributed by atoms with Crippen molar-refractivity contribution in [3.05, 3.63) is 41.1 Å². The van der Waals surface area contributed by atoms with Gasteiger partial charge in [-0.3, -0.25) is 9.48 Å². The number of ketones is 1. The highest BCUT2D eigenvalue weighted by atomic mass is 16.3. The van der Waals surface area contributed by atoms with E-state index in [1.165, 1.54) is 0 Å². The minimum Gasteiger partial charge on any atom is -0.457 e. The lowest BCUT2D eigenvalue weighted by Gasteiger charge is -2.02. The largest absolute Gasteiger partial charge is 0.457 e. The molecule has 0 amide bonds. The third kappa shape index (κ3) is 2.51. The molecule has 2 heterocycles. The van der Waals surface area contributed by atoms with Gasteiger partial charge in [0.15, 0.2) is 5.76 Å². The molecule has 0 atom stereocenters. The topological polar surface area (TPSA) is 74.0 Å². The molecule has 96 valence electrons. The van der Waals surface area contributed by atoms with Crippen LogP contribution in [-0.2, 0) is 19.5 Å². The van der Waals surface area contributed by atoms with Crippen molar-refractivity contribution in [2.45, 2.75) is 33.4 Å². The summed E-state index contributed by atoms with van der Waals surface area (Å²) in [5, 5.41) is 4.31. The number of nitrogens with two attached hydrogens (primary N) is 1. The van der Waals surface area contributed by atoms with Gasteiger partial charge < -0.3 is 10.2 Å². The zero-order chi connectivity index (χ0) is 13.1. The van der Waals surface area contributed by atoms with Gasteiger partial charge in [-0.25, -0.2) is 0 Å². The molecule has 0 aliphatic carbocycles. The number of furan rings is 1. The third-order valence-electron chi connectivity index (χ3n) is 2.76. The number of hydrogen-bond acceptors (Lipinski definition) is 4. The predicted molar refractivity (Wildman–Crippen MR) is 67.3 cm³/mol. The average molecular weight is 247 g/mol. The van der Waals surface area contributed by atoms with Gasteiger partial charge in [0.25, 0.3) is 0 Å². The number of Topliss-reactive ketones (excluding diaryl/α,β-unsaturated/α-hetero) is 1. The first-order chi connectivity index (χ1) is 8.63. The fourth-order valence-corrected chi connectivity index (χ4v) is 1.90. The smallest absolute Gasteiger partial charge is 0.203 e. The summed E-state index contributed by atoms with van der Waals surface area (Å²) in [5.41, 5.74) is 7.27. The van der Waals surface area contributed by atoms with E-state index in [2.05, 4.69) is 5.10 Å². The molecule has 2 rings (SSSR count). The Kier molecular flexibility index (Phi) is 3.62. The summed E-state index contributed by atoms with van der Waals surface area (Å²) < 4.78 is 7.18. The van der Waals surface area contributed by atoms with Gasteiger partial charge >= 0.3 is 0 Å². The number of carbonyl (C=O) groups excluding carboxylic acids is 1. The molecule has 0 radical (unpaired) electrons. The highest BCUT2D eigenvalue weighted by Crippen LogP contribution is 2.12. The molecule has 0 unspecified atom stereocenters. The molecule has 0 bridgehead atoms. The minimum absolute atomic E-state index is 0.0516. The van der Waals surface area contributed by atoms with Crippen LogP contribution < -0.4 is 5.73 Å². The number of nitrogens with zero attached hydrogens (tertiary/aromatic N) is 2. The van der Waals surface area contributed by atoms with Crippen LogP contribution in [0.4, 0.5) is 0 Å². The van der Waals surface area contributed by atoms with Crippen molar-refractivity contribution in [2.75, 3.05) is 0 Å². The zero-order valence-electron chi connectivity index (χ0n) is 10.6. The summed E-state index contributed by atoms with van der Waals surface area (Å²) >= 11 is 0. The molecule has 5 nitrogen and oxygen atoms in total. The van der Waals surface area contributed by atoms with Gasteiger partial charge in [0.05, 0.1) is 18.7 Å². The summed E-state index contributed by atoms with van der Waals surface area (Å²) in [5.74, 6) is 0.930. The molecule has 0 aliphatic heterocycles. The molecular formula is C13H17N3O2. The highest BCUT2D eigenvalue weighted by Gasteiger charge is 2.14. The van der Waals surface area contributed by atoms with Crippen molar-refractivity contribution in [1.29, 1.82) is 0 Å². The van der Waals surface area contributed by atoms with E-state index in [9.17, 15) is 4.79 Å². The Morgan fingerprint density at radius 3 is 2.89 bits per heavy atom. The molecule has 18 heavy (non-hydrogen) atoms. The number of hydrogen-bond donors (Lipinski definition) is 1. The van der Waals surface area contributed by atoms with Crippen molar-refractivity contribution in [3.63, 3.8) is 0 Å². The molecule has 5 heteroatoms. The Hall–Kier alpha value is -1.88. The number of aromatic nitrogens is 2. The average Bonchev–Trinajstić information content (AvgIpc) is 2.95. The molecule has 0 spiro atoms. The van der Waals surface area contributed by atoms with Crippen LogP contribution in [0.15, 0.2) is 22.6 Å². The molecule has 0 aliphatic rings. The molecule has 2 aromatic rings. The van der Waals surface area contributed by atoms with Crippen LogP contribution in [0.2, 0.25) is 0 Å². The minimum atomic E-state index is -0.0516. The first-order valence-electron chi connectivity index (χ1n) is 5.99. The second-order valence-electron chi connectivity index (χ2n) is 4.16. The Labute approximate surface area is 106 Å². The Morgan fingerprint density at radius 2 is 2.28 bits per heavy atom. The van der Waals surface area contributed by atoms with Crippen LogP contribution in [0, 0.1) is 6.92 Å². The molecule has 0 saturated heterocycles. The van der Waals surface area contributed by atoms with Crippen molar-refractivity contribution >= 4 is 5.78 Å². The number of aryl methyl sites for hydroxylation is 2. The van der Waals surface area contributed by atoms with Crippen LogP contribution in [0.5, 0.6) is 0 Å². The molecule has 0 fully saturated rings. The summed E-state index contributed by atoms with van der Waals surface area (Å²) in [7, 11) is 0. The monoisotopic (exact) mass is 247 g/mol. The fourth-order valence-electron chi connectivity index (χ4n) is 1.90. The lowest BCUT2D eigenvalue weighted by molar-refractivity contribution is 0.0962. The van der Waals surface area contributed by atoms with E-state index < -0.39 is 0 Å². The van der Waals surface area contributed by atoms with E-state index in [-0.39, 0.29) is 5.78 Å². The van der Waals surface area contributed by atoms with Crippen LogP contribution in [0.25, 0.3) is 0 Å². The van der Waals surface area contributed by atoms with Crippen molar-refractivity contribution in [1.82, 2.24) is 9.78 Å². The van der Waals surface area contributed by atoms with Crippen LogP contribution in [-0.4, -0.2) is 15.6 Å². The number of carbonyl (C=O) groups is 1. The van der Waals surface area contributed by atoms with Crippen LogP contribution >= 0.6 is 0 Å². The van der Waals surface area contributed by atoms with Gasteiger partial charge in [-0.15, -0.1) is 0 Å². The quantitative estimate of drug-likeness (QED) is 0.816. The highest BCUT2D eigenvalue weighted by molar-refractivity contribution is 5.94. The first-order valence-corrected chi connectivity index (χ1v) is 5.99. The van der Waals surface area contributed by atoms with Crippen LogP contribution in [0.1, 0.15) is 34.6 Å². The van der Waals surface area contributed by atoms with Crippen LogP contribution in [0.3, 0.4) is 0 Å². The molecule has 0 aromatic carbocycles. The molecule has 2 aromatic heterocycles. The lowest BCUT2D eigenvalue weighted by Crippen LogP contribution is -2.09. The van der Waals surface area contributed by atoms with E-state index >= 15 is 0 Å². The fraction of sp³-hybridized carbons (Fsp3) is 0.385. The van der Waals surface area contributed by atoms with Gasteiger partial charge in [-0.2, -0.15) is 5.10 Å². The molecule has 0 saturated carbocycles. The van der Waals surface area contributed by atoms with Gasteiger partial charge in [-0.1, -0.05) is 0 Å². The van der Waals surface area contributed by atoms with Gasteiger partial charge in [-0.05, 0) is 32.0 Å². The lowest BCUT2D eigenvalue weighted by atomic mass is 10.2. The zero-order valence-corrected chi connectivity index (χ0v) is 10.6. The molecule has 2 N–H and O–H groups in total. The Bertz CT molecular complexity index is 554. The Morgan fingerprint density at radius 1 is 1.50 bits per heavy atom. The second-order valence-corrected chi connectivity index (χ2v) is 4.16. The van der Waals surface area contributed by atoms with Gasteiger partial charge in [0.2, 0.25) is 5.78 Å². The summed E-state index contributed by atoms with van der Waals surface area (Å²) in [6.45, 7) is 4.97. The summed E-state index contributed by atoms with van der Waals surface area (Å²) in [6, 6.07) is 5.33. The SMILES string of the molecule is CCn1nc(C)cc1CC(=O)c1ccc(CN)o1. The van der Waals surface area contributed by atoms with E-state index in [4.69, 9.17) is 10.2 Å². The maximum absolute atomic E-state index is 12.0. The normalized spacial score (nSPS) is 10.8. The van der Waals surface area contributed by atoms with Crippen molar-refractivity contribution < 1.29 is 9.21 Å². The van der Waals surface area contributed by atoms with E-state index in [0.29, 0.717) is 24.5 Å². The standard InChI is InChI=1S/C13H17N3O2/c1-3-16-10(6-9(2)15-16)7-12(17)13-5-4-11(8-14)18-13/h4-6H,3,7-8,14H2,1-2H3. The van der Waals surface area contributed by atoms with Gasteiger partial charge in [0, 0.05) is 12.2 Å². The Balaban J connectivity index is 2.15. The van der Waals surface area contributed by atoms with Gasteiger partial charge in [0.1, 0.15) is 5.76 Å². The summed E-state index contributed by atoms with van der Waals surface area (Å²) in [6.07, 6.45) is 0.298. The van der Waals surface area contributed by atoms with E-state index in [1.54, 1.807) is 12.1 Å². The van der Waals surface area contributed by atoms with Crippen molar-refractivity contribution in [3.8, 4) is 0 Å². The second kappa shape index (κ2) is 5.18. The predicted octanol–water partition coefficient (Wildman–Crippen LogP) is 1.69. The maximum Gasteiger partial charge on any atom is 0.203 e. The molecular weight excluding hydrogens is 230 g/mol.